The van der Waals surface area contributed by atoms with Crippen LogP contribution in [0.25, 0.3) is 0 Å². The summed E-state index contributed by atoms with van der Waals surface area (Å²) in [6.45, 7) is 6.80. The van der Waals surface area contributed by atoms with Gasteiger partial charge in [0.15, 0.2) is 0 Å². The highest BCUT2D eigenvalue weighted by Crippen LogP contribution is 2.13. The molecule has 27 heteroatoms. The average Bonchev–Trinajstić information content (AvgIpc) is 2.56. The van der Waals surface area contributed by atoms with Crippen LogP contribution in [0.1, 0.15) is 0 Å². The Balaban J connectivity index is 6.45. The van der Waals surface area contributed by atoms with Gasteiger partial charge in [0, 0.05) is 90.3 Å². The second-order valence-electron chi connectivity index (χ2n) is 12.5. The van der Waals surface area contributed by atoms with Gasteiger partial charge in [0.25, 0.3) is 0 Å². The van der Waals surface area contributed by atoms with Crippen molar-refractivity contribution >= 4 is 191 Å². The van der Waals surface area contributed by atoms with Crippen LogP contribution in [0.2, 0.25) is 13.6 Å². The zero-order chi connectivity index (χ0) is 23.2. The molecule has 0 aliphatic carbocycles. The molecule has 0 bridgehead atoms. The van der Waals surface area contributed by atoms with Gasteiger partial charge in [-0.05, 0) is 0 Å². The smallest absolute Gasteiger partial charge is 0.0594 e. The maximum Gasteiger partial charge on any atom is 0.0594 e. The summed E-state index contributed by atoms with van der Waals surface area (Å²) < 4.78 is 0. The van der Waals surface area contributed by atoms with Crippen LogP contribution in [-0.4, -0.2) is 191 Å². The van der Waals surface area contributed by atoms with Crippen molar-refractivity contribution in [2.24, 2.45) is 0 Å². The average molecular weight is 349 g/mol. The summed E-state index contributed by atoms with van der Waals surface area (Å²) in [7, 11) is 33.5. The molecule has 0 radical (unpaired) electrons. The minimum atomic E-state index is 0.749. The first-order chi connectivity index (χ1) is 13.2. The summed E-state index contributed by atoms with van der Waals surface area (Å²) in [5, 5.41) is 0. The van der Waals surface area contributed by atoms with Crippen molar-refractivity contribution in [2.45, 2.75) is 13.6 Å². The normalized spacial score (nSPS) is 9.45. The van der Waals surface area contributed by atoms with Gasteiger partial charge in [-0.3, -0.25) is 0 Å². The van der Waals surface area contributed by atoms with E-state index in [1.54, 1.807) is 0 Å². The summed E-state index contributed by atoms with van der Waals surface area (Å²) in [6.07, 6.45) is 8.55. The Kier molecular flexibility index (Phi) is 15.0. The van der Waals surface area contributed by atoms with Crippen molar-refractivity contribution in [1.29, 1.82) is 0 Å². The zero-order valence-corrected chi connectivity index (χ0v) is 23.2. The lowest BCUT2D eigenvalue weighted by Crippen LogP contribution is -2.82. The van der Waals surface area contributed by atoms with Crippen LogP contribution in [0, 0.1) is 0 Å². The topological polar surface area (TPSA) is 0 Å². The lowest BCUT2D eigenvalue weighted by molar-refractivity contribution is 2.29. The van der Waals surface area contributed by atoms with Gasteiger partial charge in [-0.25, -0.2) is 0 Å². The molecule has 0 aromatic rings. The summed E-state index contributed by atoms with van der Waals surface area (Å²) in [4.78, 5) is 0. The fourth-order valence-electron chi connectivity index (χ4n) is 7.57. The van der Waals surface area contributed by atoms with Gasteiger partial charge >= 0.3 is 0 Å². The predicted octanol–water partition coefficient (Wildman–Crippen LogP) is -16.3. The van der Waals surface area contributed by atoms with Crippen molar-refractivity contribution in [1.82, 2.24) is 0 Å². The van der Waals surface area contributed by atoms with Gasteiger partial charge < -0.3 is 0 Å². The Hall–Kier alpha value is 1.75. The predicted molar refractivity (Wildman–Crippen MR) is 205 cm³/mol. The lowest BCUT2D eigenvalue weighted by Gasteiger charge is -2.44. The molecule has 0 amide bonds. The van der Waals surface area contributed by atoms with Gasteiger partial charge in [0.05, 0.1) is 101 Å². The highest BCUT2D eigenvalue weighted by Gasteiger charge is 2.50. The highest BCUT2D eigenvalue weighted by molar-refractivity contribution is 8.18. The Labute approximate surface area is 203 Å². The first-order valence-corrected chi connectivity index (χ1v) is 13.2. The fourth-order valence-corrected chi connectivity index (χ4v) is 7.57. The van der Waals surface area contributed by atoms with E-state index in [1.807, 2.05) is 0 Å². The Morgan fingerprint density at radius 2 is 0.793 bits per heavy atom. The van der Waals surface area contributed by atoms with Gasteiger partial charge in [-0.15, -0.1) is 13.6 Å². The standard InChI is InChI=1S/C2H33B27/c1-17(27(20(6)7)21(8)9)26(29(23(12)13)24(14)16-3)18(2)28(22(10)11)25(15)19(4)5/h16H,3-15H2,1-2H3. The molecule has 122 valence electrons. The Morgan fingerprint density at radius 1 is 0.448 bits per heavy atom. The molecule has 0 aromatic heterocycles. The van der Waals surface area contributed by atoms with E-state index in [1.165, 1.54) is 7.06 Å². The van der Waals surface area contributed by atoms with Crippen molar-refractivity contribution in [2.75, 3.05) is 0 Å². The molecule has 0 heterocycles. The first-order valence-electron chi connectivity index (χ1n) is 13.2. The SMILES string of the molecule is BBB(B)B(B(B)B)B(B(C)B(B(B)B)B(B)B)B(C)B(B(B)B)B(B)B(B)B. The third-order valence-electron chi connectivity index (χ3n) is 8.91. The maximum absolute atomic E-state index is 2.64. The van der Waals surface area contributed by atoms with E-state index >= 15 is 0 Å². The van der Waals surface area contributed by atoms with E-state index in [2.05, 4.69) is 114 Å². The van der Waals surface area contributed by atoms with Gasteiger partial charge in [0.2, 0.25) is 0 Å². The van der Waals surface area contributed by atoms with E-state index in [4.69, 9.17) is 0 Å². The quantitative estimate of drug-likeness (QED) is 0.290. The van der Waals surface area contributed by atoms with Crippen molar-refractivity contribution in [3.05, 3.63) is 0 Å². The summed E-state index contributed by atoms with van der Waals surface area (Å²) in [6, 6.07) is 0. The maximum atomic E-state index is 2.64. The molecule has 0 unspecified atom stereocenters. The molecule has 0 atom stereocenters. The molecule has 29 heavy (non-hydrogen) atoms. The Morgan fingerprint density at radius 3 is 1.07 bits per heavy atom. The van der Waals surface area contributed by atoms with Crippen LogP contribution >= 0.6 is 0 Å². The van der Waals surface area contributed by atoms with Crippen LogP contribution in [-0.2, 0) is 0 Å². The van der Waals surface area contributed by atoms with Gasteiger partial charge in [-0.1, -0.05) is 0 Å². The molecule has 0 N–H and O–H groups in total. The second kappa shape index (κ2) is 14.1. The van der Waals surface area contributed by atoms with Crippen LogP contribution < -0.4 is 0 Å². The molecular weight excluding hydrogens is 316 g/mol. The molecule has 0 nitrogen and oxygen atoms in total. The lowest BCUT2D eigenvalue weighted by atomic mass is 8.38. The van der Waals surface area contributed by atoms with Crippen LogP contribution in [0.5, 0.6) is 0 Å². The molecular formula is C2H33B27. The zero-order valence-electron chi connectivity index (χ0n) is 23.2. The minimum absolute atomic E-state index is 0.749. The van der Waals surface area contributed by atoms with Crippen molar-refractivity contribution in [3.8, 4) is 0 Å². The largest absolute Gasteiger partial charge is 0.101 e. The molecule has 0 saturated heterocycles. The molecule has 0 aliphatic heterocycles. The number of hydrogen-bond donors (Lipinski definition) is 0. The number of rotatable bonds is 13. The van der Waals surface area contributed by atoms with E-state index in [0.717, 1.165) is 83.2 Å². The van der Waals surface area contributed by atoms with E-state index in [-0.39, 0.29) is 0 Å². The van der Waals surface area contributed by atoms with Gasteiger partial charge in [-0.2, -0.15) is 0 Å². The van der Waals surface area contributed by atoms with Gasteiger partial charge in [0.1, 0.15) is 0 Å². The fraction of sp³-hybridized carbons (Fsp3) is 1.00. The van der Waals surface area contributed by atoms with E-state index in [0.29, 0.717) is 0 Å². The molecule has 0 aromatic carbocycles. The molecule has 0 rings (SSSR count). The minimum Gasteiger partial charge on any atom is -0.101 e. The monoisotopic (exact) mass is 355 g/mol. The second-order valence-corrected chi connectivity index (χ2v) is 12.5. The summed E-state index contributed by atoms with van der Waals surface area (Å²) >= 11 is 0. The van der Waals surface area contributed by atoms with Crippen molar-refractivity contribution in [3.63, 3.8) is 0 Å². The summed E-state index contributed by atoms with van der Waals surface area (Å²) in [5.74, 6) is 0. The Bertz CT molecular complexity index is 418. The van der Waals surface area contributed by atoms with Crippen LogP contribution in [0.4, 0.5) is 0 Å². The molecule has 0 spiro atoms. The third-order valence-corrected chi connectivity index (χ3v) is 8.91. The molecule has 0 fully saturated rings. The van der Waals surface area contributed by atoms with Crippen LogP contribution in [0.3, 0.4) is 0 Å². The van der Waals surface area contributed by atoms with E-state index < -0.39 is 0 Å². The highest BCUT2D eigenvalue weighted by atomic mass is 13.4. The molecule has 0 saturated carbocycles. The third kappa shape index (κ3) is 8.56. The van der Waals surface area contributed by atoms with Crippen LogP contribution in [0.15, 0.2) is 0 Å². The first kappa shape index (κ1) is 30.8. The number of hydrogen-bond acceptors (Lipinski definition) is 0. The molecule has 0 aliphatic rings. The van der Waals surface area contributed by atoms with Crippen molar-refractivity contribution < 1.29 is 0 Å². The van der Waals surface area contributed by atoms with E-state index in [9.17, 15) is 0 Å². The summed E-state index contributed by atoms with van der Waals surface area (Å²) in [5.41, 5.74) is 0.